The SMILES string of the molecule is Cc1[nH]c(C(=O)N2CCC[C@H](C(=O)NC(C)C)C2)c(C)c1C(=O)OC(C)C. The van der Waals surface area contributed by atoms with Crippen molar-refractivity contribution in [3.8, 4) is 0 Å². The molecular formula is C20H31N3O4. The Morgan fingerprint density at radius 3 is 2.44 bits per heavy atom. The van der Waals surface area contributed by atoms with E-state index in [-0.39, 0.29) is 29.9 Å². The molecule has 0 aliphatic carbocycles. The third-order valence-electron chi connectivity index (χ3n) is 4.71. The number of carbonyl (C=O) groups is 3. The van der Waals surface area contributed by atoms with E-state index in [1.807, 2.05) is 13.8 Å². The van der Waals surface area contributed by atoms with Gasteiger partial charge in [-0.2, -0.15) is 0 Å². The molecule has 7 heteroatoms. The predicted octanol–water partition coefficient (Wildman–Crippen LogP) is 2.57. The van der Waals surface area contributed by atoms with Crippen LogP contribution < -0.4 is 5.32 Å². The van der Waals surface area contributed by atoms with Crippen LogP contribution in [0.1, 0.15) is 72.6 Å². The van der Waals surface area contributed by atoms with E-state index in [1.165, 1.54) is 0 Å². The molecule has 1 aromatic rings. The van der Waals surface area contributed by atoms with Gasteiger partial charge >= 0.3 is 5.97 Å². The predicted molar refractivity (Wildman–Crippen MR) is 103 cm³/mol. The number of piperidine rings is 1. The number of rotatable bonds is 5. The zero-order valence-electron chi connectivity index (χ0n) is 17.1. The molecule has 2 amide bonds. The van der Waals surface area contributed by atoms with Crippen molar-refractivity contribution < 1.29 is 19.1 Å². The molecule has 7 nitrogen and oxygen atoms in total. The fraction of sp³-hybridized carbons (Fsp3) is 0.650. The van der Waals surface area contributed by atoms with Crippen molar-refractivity contribution in [2.45, 2.75) is 66.5 Å². The number of nitrogens with zero attached hydrogens (tertiary/aromatic N) is 1. The second-order valence-corrected chi connectivity index (χ2v) is 7.83. The first-order chi connectivity index (χ1) is 12.6. The van der Waals surface area contributed by atoms with Gasteiger partial charge in [0.05, 0.1) is 17.6 Å². The van der Waals surface area contributed by atoms with Gasteiger partial charge in [-0.05, 0) is 59.9 Å². The molecule has 2 rings (SSSR count). The lowest BCUT2D eigenvalue weighted by molar-refractivity contribution is -0.126. The molecule has 1 aromatic heterocycles. The van der Waals surface area contributed by atoms with Crippen LogP contribution in [-0.4, -0.2) is 52.9 Å². The molecule has 27 heavy (non-hydrogen) atoms. The van der Waals surface area contributed by atoms with E-state index in [9.17, 15) is 14.4 Å². The lowest BCUT2D eigenvalue weighted by Gasteiger charge is -2.32. The number of aromatic amines is 1. The van der Waals surface area contributed by atoms with Crippen LogP contribution in [0.2, 0.25) is 0 Å². The standard InChI is InChI=1S/C20H31N3O4/c1-11(2)21-18(24)15-8-7-9-23(10-15)19(25)17-13(5)16(14(6)22-17)20(26)27-12(3)4/h11-12,15,22H,7-10H2,1-6H3,(H,21,24)/t15-/m0/s1. The van der Waals surface area contributed by atoms with Gasteiger partial charge in [0.2, 0.25) is 5.91 Å². The van der Waals surface area contributed by atoms with Crippen molar-refractivity contribution >= 4 is 17.8 Å². The Morgan fingerprint density at radius 2 is 1.85 bits per heavy atom. The van der Waals surface area contributed by atoms with Crippen LogP contribution in [0.3, 0.4) is 0 Å². The summed E-state index contributed by atoms with van der Waals surface area (Å²) in [6.45, 7) is 11.9. The van der Waals surface area contributed by atoms with E-state index >= 15 is 0 Å². The van der Waals surface area contributed by atoms with Gasteiger partial charge in [0.1, 0.15) is 5.69 Å². The molecule has 2 N–H and O–H groups in total. The van der Waals surface area contributed by atoms with Gasteiger partial charge in [0, 0.05) is 24.8 Å². The quantitative estimate of drug-likeness (QED) is 0.772. The molecule has 1 aliphatic rings. The lowest BCUT2D eigenvalue weighted by Crippen LogP contribution is -2.46. The van der Waals surface area contributed by atoms with Crippen LogP contribution in [0.4, 0.5) is 0 Å². The first-order valence-corrected chi connectivity index (χ1v) is 9.61. The largest absolute Gasteiger partial charge is 0.459 e. The minimum absolute atomic E-state index is 0.0110. The van der Waals surface area contributed by atoms with Crippen molar-refractivity contribution in [3.63, 3.8) is 0 Å². The monoisotopic (exact) mass is 377 g/mol. The summed E-state index contributed by atoms with van der Waals surface area (Å²) in [6.07, 6.45) is 1.33. The van der Waals surface area contributed by atoms with Crippen molar-refractivity contribution in [2.24, 2.45) is 5.92 Å². The second-order valence-electron chi connectivity index (χ2n) is 7.83. The molecule has 0 spiro atoms. The van der Waals surface area contributed by atoms with Crippen molar-refractivity contribution in [3.05, 3.63) is 22.5 Å². The number of ether oxygens (including phenoxy) is 1. The zero-order chi connectivity index (χ0) is 20.3. The van der Waals surface area contributed by atoms with Crippen LogP contribution in [0.25, 0.3) is 0 Å². The van der Waals surface area contributed by atoms with Gasteiger partial charge in [-0.25, -0.2) is 4.79 Å². The average molecular weight is 377 g/mol. The summed E-state index contributed by atoms with van der Waals surface area (Å²) in [5.41, 5.74) is 2.02. The first-order valence-electron chi connectivity index (χ1n) is 9.61. The Bertz CT molecular complexity index is 721. The Kier molecular flexibility index (Phi) is 6.68. The van der Waals surface area contributed by atoms with Gasteiger partial charge in [-0.3, -0.25) is 9.59 Å². The maximum Gasteiger partial charge on any atom is 0.340 e. The molecule has 0 unspecified atom stereocenters. The molecule has 150 valence electrons. The Labute approximate surface area is 160 Å². The molecule has 0 aromatic carbocycles. The van der Waals surface area contributed by atoms with Crippen LogP contribution in [0.15, 0.2) is 0 Å². The summed E-state index contributed by atoms with van der Waals surface area (Å²) in [6, 6.07) is 0.0754. The van der Waals surface area contributed by atoms with E-state index in [0.717, 1.165) is 12.8 Å². The summed E-state index contributed by atoms with van der Waals surface area (Å²) in [4.78, 5) is 42.4. The maximum absolute atomic E-state index is 13.0. The minimum atomic E-state index is -0.428. The van der Waals surface area contributed by atoms with Gasteiger partial charge in [0.15, 0.2) is 0 Å². The maximum atomic E-state index is 13.0. The Balaban J connectivity index is 2.18. The third-order valence-corrected chi connectivity index (χ3v) is 4.71. The van der Waals surface area contributed by atoms with E-state index in [0.29, 0.717) is 35.6 Å². The summed E-state index contributed by atoms with van der Waals surface area (Å²) < 4.78 is 5.29. The number of amides is 2. The highest BCUT2D eigenvalue weighted by molar-refractivity contribution is 6.00. The number of aromatic nitrogens is 1. The van der Waals surface area contributed by atoms with E-state index < -0.39 is 5.97 Å². The Hall–Kier alpha value is -2.31. The average Bonchev–Trinajstić information content (AvgIpc) is 2.87. The molecular weight excluding hydrogens is 346 g/mol. The first kappa shape index (κ1) is 21.0. The minimum Gasteiger partial charge on any atom is -0.459 e. The van der Waals surface area contributed by atoms with Crippen LogP contribution >= 0.6 is 0 Å². The molecule has 1 fully saturated rings. The highest BCUT2D eigenvalue weighted by Crippen LogP contribution is 2.24. The third kappa shape index (κ3) is 4.90. The van der Waals surface area contributed by atoms with Gasteiger partial charge in [0.25, 0.3) is 5.91 Å². The van der Waals surface area contributed by atoms with Crippen molar-refractivity contribution in [1.29, 1.82) is 0 Å². The van der Waals surface area contributed by atoms with Gasteiger partial charge in [-0.15, -0.1) is 0 Å². The number of esters is 1. The Morgan fingerprint density at radius 1 is 1.19 bits per heavy atom. The molecule has 0 saturated carbocycles. The number of aryl methyl sites for hydroxylation is 1. The molecule has 1 saturated heterocycles. The molecule has 1 atom stereocenters. The summed E-state index contributed by atoms with van der Waals surface area (Å²) in [5.74, 6) is -0.820. The highest BCUT2D eigenvalue weighted by Gasteiger charge is 2.32. The molecule has 2 heterocycles. The lowest BCUT2D eigenvalue weighted by atomic mass is 9.96. The van der Waals surface area contributed by atoms with Crippen molar-refractivity contribution in [1.82, 2.24) is 15.2 Å². The number of hydrogen-bond acceptors (Lipinski definition) is 4. The van der Waals surface area contributed by atoms with Crippen LogP contribution in [0.5, 0.6) is 0 Å². The van der Waals surface area contributed by atoms with Gasteiger partial charge in [-0.1, -0.05) is 0 Å². The zero-order valence-corrected chi connectivity index (χ0v) is 17.1. The normalized spacial score (nSPS) is 17.3. The number of likely N-dealkylation sites (tertiary alicyclic amines) is 1. The fourth-order valence-corrected chi connectivity index (χ4v) is 3.48. The smallest absolute Gasteiger partial charge is 0.340 e. The van der Waals surface area contributed by atoms with Crippen LogP contribution in [0, 0.1) is 19.8 Å². The van der Waals surface area contributed by atoms with E-state index in [2.05, 4.69) is 10.3 Å². The number of hydrogen-bond donors (Lipinski definition) is 2. The number of H-pyrrole nitrogens is 1. The summed E-state index contributed by atoms with van der Waals surface area (Å²) in [7, 11) is 0. The molecule has 0 radical (unpaired) electrons. The summed E-state index contributed by atoms with van der Waals surface area (Å²) >= 11 is 0. The number of carbonyl (C=O) groups excluding carboxylic acids is 3. The highest BCUT2D eigenvalue weighted by atomic mass is 16.5. The topological polar surface area (TPSA) is 91.5 Å². The fourth-order valence-electron chi connectivity index (χ4n) is 3.48. The molecule has 1 aliphatic heterocycles. The summed E-state index contributed by atoms with van der Waals surface area (Å²) in [5, 5.41) is 2.92. The van der Waals surface area contributed by atoms with Gasteiger partial charge < -0.3 is 19.9 Å². The number of nitrogens with one attached hydrogen (secondary N) is 2. The van der Waals surface area contributed by atoms with E-state index in [4.69, 9.17) is 4.74 Å². The second kappa shape index (κ2) is 8.59. The molecule has 0 bridgehead atoms. The van der Waals surface area contributed by atoms with Crippen molar-refractivity contribution in [2.75, 3.05) is 13.1 Å². The van der Waals surface area contributed by atoms with E-state index in [1.54, 1.807) is 32.6 Å². The van der Waals surface area contributed by atoms with Crippen LogP contribution in [-0.2, 0) is 9.53 Å².